The molecule has 72 valence electrons. The van der Waals surface area contributed by atoms with Crippen LogP contribution in [-0.4, -0.2) is 9.78 Å². The smallest absolute Gasteiger partial charge is 0.0822 e. The Morgan fingerprint density at radius 3 is 2.57 bits per heavy atom. The van der Waals surface area contributed by atoms with E-state index in [1.54, 1.807) is 4.68 Å². The number of benzene rings is 1. The molecule has 0 fully saturated rings. The van der Waals surface area contributed by atoms with Crippen molar-refractivity contribution in [3.63, 3.8) is 0 Å². The number of aromatic nitrogens is 2. The van der Waals surface area contributed by atoms with Crippen molar-refractivity contribution in [2.75, 3.05) is 0 Å². The van der Waals surface area contributed by atoms with Crippen LogP contribution in [0, 0.1) is 0 Å². The van der Waals surface area contributed by atoms with Gasteiger partial charge >= 0.3 is 0 Å². The number of hydrogen-bond donors (Lipinski definition) is 0. The highest BCUT2D eigenvalue weighted by molar-refractivity contribution is 6.31. The number of para-hydroxylation sites is 1. The van der Waals surface area contributed by atoms with E-state index in [0.717, 1.165) is 22.8 Å². The molecule has 1 aromatic heterocycles. The second kappa shape index (κ2) is 3.84. The highest BCUT2D eigenvalue weighted by Crippen LogP contribution is 2.17. The van der Waals surface area contributed by atoms with E-state index in [-0.39, 0.29) is 0 Å². The van der Waals surface area contributed by atoms with Crippen molar-refractivity contribution in [3.05, 3.63) is 47.2 Å². The Bertz CT molecular complexity index is 420. The first kappa shape index (κ1) is 9.28. The second-order valence-electron chi connectivity index (χ2n) is 3.06. The van der Waals surface area contributed by atoms with Gasteiger partial charge in [0.05, 0.1) is 16.4 Å². The van der Waals surface area contributed by atoms with Crippen molar-refractivity contribution in [2.24, 2.45) is 0 Å². The fourth-order valence-corrected chi connectivity index (χ4v) is 1.61. The zero-order chi connectivity index (χ0) is 9.97. The molecular weight excluding hydrogens is 196 g/mol. The molecule has 3 heteroatoms. The highest BCUT2D eigenvalue weighted by atomic mass is 35.5. The predicted octanol–water partition coefficient (Wildman–Crippen LogP) is 3.09. The Kier molecular flexibility index (Phi) is 2.55. The van der Waals surface area contributed by atoms with E-state index in [1.165, 1.54) is 0 Å². The Hall–Kier alpha value is -1.28. The van der Waals surface area contributed by atoms with Gasteiger partial charge in [0.15, 0.2) is 0 Å². The summed E-state index contributed by atoms with van der Waals surface area (Å²) in [5, 5.41) is 5.12. The standard InChI is InChI=1S/C11H11ClN2/c1-2-11-10(12)8-14(13-11)9-6-4-3-5-7-9/h3-8H,2H2,1H3. The maximum absolute atomic E-state index is 6.01. The van der Waals surface area contributed by atoms with Gasteiger partial charge in [0, 0.05) is 6.20 Å². The Morgan fingerprint density at radius 2 is 2.00 bits per heavy atom. The van der Waals surface area contributed by atoms with Gasteiger partial charge in [0.2, 0.25) is 0 Å². The molecule has 0 saturated carbocycles. The van der Waals surface area contributed by atoms with Gasteiger partial charge in [0.1, 0.15) is 0 Å². The first-order chi connectivity index (χ1) is 6.81. The molecule has 2 nitrogen and oxygen atoms in total. The topological polar surface area (TPSA) is 17.8 Å². The van der Waals surface area contributed by atoms with Crippen LogP contribution in [0.5, 0.6) is 0 Å². The maximum Gasteiger partial charge on any atom is 0.0822 e. The zero-order valence-electron chi connectivity index (χ0n) is 7.94. The van der Waals surface area contributed by atoms with Crippen LogP contribution in [0.15, 0.2) is 36.5 Å². The van der Waals surface area contributed by atoms with Crippen LogP contribution in [0.1, 0.15) is 12.6 Å². The molecule has 0 saturated heterocycles. The van der Waals surface area contributed by atoms with Crippen molar-refractivity contribution >= 4 is 11.6 Å². The number of hydrogen-bond acceptors (Lipinski definition) is 1. The molecule has 14 heavy (non-hydrogen) atoms. The molecule has 0 bridgehead atoms. The van der Waals surface area contributed by atoms with Crippen LogP contribution < -0.4 is 0 Å². The molecule has 1 aromatic carbocycles. The zero-order valence-corrected chi connectivity index (χ0v) is 8.70. The monoisotopic (exact) mass is 206 g/mol. The summed E-state index contributed by atoms with van der Waals surface area (Å²) in [5.41, 5.74) is 1.98. The molecule has 0 aliphatic heterocycles. The van der Waals surface area contributed by atoms with Crippen molar-refractivity contribution in [2.45, 2.75) is 13.3 Å². The quantitative estimate of drug-likeness (QED) is 0.739. The fraction of sp³-hybridized carbons (Fsp3) is 0.182. The summed E-state index contributed by atoms with van der Waals surface area (Å²) in [6, 6.07) is 9.95. The van der Waals surface area contributed by atoms with Crippen molar-refractivity contribution in [3.8, 4) is 5.69 Å². The summed E-state index contributed by atoms with van der Waals surface area (Å²) < 4.78 is 1.81. The van der Waals surface area contributed by atoms with Gasteiger partial charge in [-0.15, -0.1) is 0 Å². The van der Waals surface area contributed by atoms with Crippen molar-refractivity contribution < 1.29 is 0 Å². The summed E-state index contributed by atoms with van der Waals surface area (Å²) in [4.78, 5) is 0. The molecule has 0 radical (unpaired) electrons. The largest absolute Gasteiger partial charge is 0.239 e. The third-order valence-corrected chi connectivity index (χ3v) is 2.41. The van der Waals surface area contributed by atoms with Crippen molar-refractivity contribution in [1.29, 1.82) is 0 Å². The van der Waals surface area contributed by atoms with Crippen LogP contribution in [-0.2, 0) is 6.42 Å². The van der Waals surface area contributed by atoms with E-state index < -0.39 is 0 Å². The molecule has 0 unspecified atom stereocenters. The predicted molar refractivity (Wildman–Crippen MR) is 58.0 cm³/mol. The lowest BCUT2D eigenvalue weighted by Gasteiger charge is -1.98. The lowest BCUT2D eigenvalue weighted by atomic mass is 10.3. The fourth-order valence-electron chi connectivity index (χ4n) is 1.34. The Morgan fingerprint density at radius 1 is 1.29 bits per heavy atom. The van der Waals surface area contributed by atoms with Gasteiger partial charge in [-0.3, -0.25) is 0 Å². The minimum atomic E-state index is 0.733. The van der Waals surface area contributed by atoms with Crippen molar-refractivity contribution in [1.82, 2.24) is 9.78 Å². The van der Waals surface area contributed by atoms with Crippen LogP contribution >= 0.6 is 11.6 Å². The first-order valence-electron chi connectivity index (χ1n) is 4.60. The molecule has 2 aromatic rings. The van der Waals surface area contributed by atoms with Crippen LogP contribution in [0.4, 0.5) is 0 Å². The summed E-state index contributed by atoms with van der Waals surface area (Å²) in [6.45, 7) is 2.05. The van der Waals surface area contributed by atoms with E-state index in [1.807, 2.05) is 43.5 Å². The molecule has 0 N–H and O–H groups in total. The average molecular weight is 207 g/mol. The van der Waals surface area contributed by atoms with Crippen LogP contribution in [0.3, 0.4) is 0 Å². The maximum atomic E-state index is 6.01. The second-order valence-corrected chi connectivity index (χ2v) is 3.46. The summed E-state index contributed by atoms with van der Waals surface area (Å²) in [6.07, 6.45) is 2.70. The third-order valence-electron chi connectivity index (χ3n) is 2.10. The van der Waals surface area contributed by atoms with E-state index >= 15 is 0 Å². The Balaban J connectivity index is 2.43. The molecule has 0 atom stereocenters. The summed E-state index contributed by atoms with van der Waals surface area (Å²) in [5.74, 6) is 0. The molecule has 0 aliphatic rings. The molecule has 1 heterocycles. The molecule has 0 amide bonds. The lowest BCUT2D eigenvalue weighted by molar-refractivity contribution is 0.841. The van der Waals surface area contributed by atoms with Gasteiger partial charge in [-0.1, -0.05) is 36.7 Å². The van der Waals surface area contributed by atoms with Crippen LogP contribution in [0.2, 0.25) is 5.02 Å². The van der Waals surface area contributed by atoms with Crippen LogP contribution in [0.25, 0.3) is 5.69 Å². The van der Waals surface area contributed by atoms with Gasteiger partial charge in [0.25, 0.3) is 0 Å². The van der Waals surface area contributed by atoms with E-state index in [9.17, 15) is 0 Å². The number of halogens is 1. The molecular formula is C11H11ClN2. The number of aryl methyl sites for hydroxylation is 1. The van der Waals surface area contributed by atoms with Gasteiger partial charge in [-0.05, 0) is 18.6 Å². The van der Waals surface area contributed by atoms with Gasteiger partial charge in [-0.2, -0.15) is 5.10 Å². The van der Waals surface area contributed by atoms with E-state index in [2.05, 4.69) is 5.10 Å². The van der Waals surface area contributed by atoms with Gasteiger partial charge in [-0.25, -0.2) is 4.68 Å². The SMILES string of the molecule is CCc1nn(-c2ccccc2)cc1Cl. The summed E-state index contributed by atoms with van der Waals surface area (Å²) >= 11 is 6.01. The molecule has 2 rings (SSSR count). The normalized spacial score (nSPS) is 10.4. The molecule has 0 aliphatic carbocycles. The number of nitrogens with zero attached hydrogens (tertiary/aromatic N) is 2. The average Bonchev–Trinajstić information content (AvgIpc) is 2.61. The summed E-state index contributed by atoms with van der Waals surface area (Å²) in [7, 11) is 0. The van der Waals surface area contributed by atoms with Gasteiger partial charge < -0.3 is 0 Å². The molecule has 0 spiro atoms. The van der Waals surface area contributed by atoms with E-state index in [0.29, 0.717) is 0 Å². The van der Waals surface area contributed by atoms with E-state index in [4.69, 9.17) is 11.6 Å². The lowest BCUT2D eigenvalue weighted by Crippen LogP contribution is -1.94. The third kappa shape index (κ3) is 1.66. The highest BCUT2D eigenvalue weighted by Gasteiger charge is 2.04. The number of rotatable bonds is 2. The Labute approximate surface area is 88.1 Å². The first-order valence-corrected chi connectivity index (χ1v) is 4.98. The minimum Gasteiger partial charge on any atom is -0.239 e. The minimum absolute atomic E-state index is 0.733.